The van der Waals surface area contributed by atoms with E-state index in [0.717, 1.165) is 85.2 Å². The number of fused-ring (bicyclic) bond motifs is 1. The number of rotatable bonds is 12. The molecular weight excluding hydrogens is 931 g/mol. The van der Waals surface area contributed by atoms with Gasteiger partial charge in [-0.15, -0.1) is 5.06 Å². The van der Waals surface area contributed by atoms with Crippen molar-refractivity contribution in [3.05, 3.63) is 156 Å². The van der Waals surface area contributed by atoms with E-state index in [2.05, 4.69) is 58.6 Å². The topological polar surface area (TPSA) is 192 Å². The van der Waals surface area contributed by atoms with Crippen LogP contribution in [0.15, 0.2) is 144 Å². The predicted molar refractivity (Wildman–Crippen MR) is 273 cm³/mol. The van der Waals surface area contributed by atoms with Gasteiger partial charge >= 0.3 is 29.8 Å². The predicted octanol–water partition coefficient (Wildman–Crippen LogP) is 9.66. The van der Waals surface area contributed by atoms with E-state index in [0.29, 0.717) is 30.0 Å². The van der Waals surface area contributed by atoms with Gasteiger partial charge in [0.15, 0.2) is 0 Å². The number of hydrogen-bond donors (Lipinski definition) is 1. The Labute approximate surface area is 427 Å². The standard InChI is InChI=1S/C30H30N2O7.C22H25NO2.C4H2O3.2CH4/c1-38-29(37)30-17-7-3-6-10-24(30)31(19-20-11-13-22(14-12-20)21-8-4-2-5-9-21)28(36)23(30)18-27(35)39-32-25(33)15-16-26(32)34;1-25-22(24)20-10-6-3-7-11-21(20)23-16-17-12-14-19(15-13-17)18-8-4-2-5-9-18;5-3-1-2-4(6)7-3;;/h2,4-5,8-14,23H,3,6-7,15-19H2,1H3;2,4-5,8-9,12-15,23H,3,6-7,10-11,16H2,1H3;1-2H;2*1H4/t23-,30-;;;;/m1..../s1. The highest BCUT2D eigenvalue weighted by Crippen LogP contribution is 2.53. The van der Waals surface area contributed by atoms with Crippen LogP contribution in [0.3, 0.4) is 0 Å². The second-order valence-electron chi connectivity index (χ2n) is 17.6. The highest BCUT2D eigenvalue weighted by molar-refractivity contribution is 6.05. The zero-order valence-electron chi connectivity index (χ0n) is 39.9. The Morgan fingerprint density at radius 1 is 0.644 bits per heavy atom. The summed E-state index contributed by atoms with van der Waals surface area (Å²) in [5.41, 5.74) is 7.68. The third-order valence-corrected chi connectivity index (χ3v) is 13.1. The van der Waals surface area contributed by atoms with Crippen molar-refractivity contribution in [3.63, 3.8) is 0 Å². The molecule has 2 saturated heterocycles. The van der Waals surface area contributed by atoms with Crippen molar-refractivity contribution in [2.75, 3.05) is 14.2 Å². The summed E-state index contributed by atoms with van der Waals surface area (Å²) in [7, 11) is 2.73. The van der Waals surface area contributed by atoms with Gasteiger partial charge in [-0.05, 0) is 78.3 Å². The molecule has 0 radical (unpaired) electrons. The lowest BCUT2D eigenvalue weighted by atomic mass is 9.71. The fourth-order valence-electron chi connectivity index (χ4n) is 9.44. The minimum absolute atomic E-state index is 0. The number of ether oxygens (including phenoxy) is 3. The average Bonchev–Trinajstić information content (AvgIpc) is 3.81. The summed E-state index contributed by atoms with van der Waals surface area (Å²) in [6, 6.07) is 36.7. The second kappa shape index (κ2) is 26.5. The highest BCUT2D eigenvalue weighted by atomic mass is 16.7. The zero-order valence-corrected chi connectivity index (χ0v) is 39.9. The highest BCUT2D eigenvalue weighted by Gasteiger charge is 2.62. The normalized spacial score (nSPS) is 19.0. The van der Waals surface area contributed by atoms with Gasteiger partial charge in [-0.25, -0.2) is 19.2 Å². The number of likely N-dealkylation sites (tertiary alicyclic amines) is 1. The third kappa shape index (κ3) is 13.7. The van der Waals surface area contributed by atoms with Gasteiger partial charge in [-0.1, -0.05) is 143 Å². The third-order valence-electron chi connectivity index (χ3n) is 13.1. The molecule has 0 unspecified atom stereocenters. The first-order chi connectivity index (χ1) is 34.4. The summed E-state index contributed by atoms with van der Waals surface area (Å²) in [4.78, 5) is 103. The van der Waals surface area contributed by atoms with Crippen LogP contribution in [0.4, 0.5) is 0 Å². The second-order valence-corrected chi connectivity index (χ2v) is 17.6. The van der Waals surface area contributed by atoms with Crippen molar-refractivity contribution in [3.8, 4) is 22.3 Å². The van der Waals surface area contributed by atoms with Crippen LogP contribution in [0, 0.1) is 11.3 Å². The molecule has 0 aromatic heterocycles. The number of imide groups is 1. The van der Waals surface area contributed by atoms with E-state index >= 15 is 0 Å². The first-order valence-corrected chi connectivity index (χ1v) is 23.9. The maximum atomic E-state index is 13.9. The Morgan fingerprint density at radius 3 is 1.73 bits per heavy atom. The lowest BCUT2D eigenvalue weighted by Gasteiger charge is -2.31. The molecule has 3 amide bonds. The Balaban J connectivity index is 0.000000248. The summed E-state index contributed by atoms with van der Waals surface area (Å²) in [5, 5.41) is 3.94. The van der Waals surface area contributed by atoms with Gasteiger partial charge in [-0.3, -0.25) is 19.2 Å². The Kier molecular flexibility index (Phi) is 20.3. The van der Waals surface area contributed by atoms with Gasteiger partial charge in [0.05, 0.1) is 38.7 Å². The molecule has 3 heterocycles. The van der Waals surface area contributed by atoms with Crippen molar-refractivity contribution in [1.82, 2.24) is 15.3 Å². The van der Waals surface area contributed by atoms with Crippen LogP contribution < -0.4 is 5.32 Å². The quantitative estimate of drug-likeness (QED) is 0.0611. The van der Waals surface area contributed by atoms with Crippen LogP contribution in [0.1, 0.15) is 103 Å². The molecule has 4 aromatic rings. The molecule has 5 aliphatic rings. The number of nitrogens with zero attached hydrogens (tertiary/aromatic N) is 2. The zero-order chi connectivity index (χ0) is 50.3. The number of cyclic esters (lactones) is 2. The van der Waals surface area contributed by atoms with E-state index in [4.69, 9.17) is 14.3 Å². The van der Waals surface area contributed by atoms with Crippen LogP contribution in [0.25, 0.3) is 22.3 Å². The number of carbonyl (C=O) groups is 8. The molecule has 73 heavy (non-hydrogen) atoms. The summed E-state index contributed by atoms with van der Waals surface area (Å²) >= 11 is 0. The number of hydroxylamine groups is 2. The fraction of sp³-hybridized carbons (Fsp3) is 0.345. The lowest BCUT2D eigenvalue weighted by molar-refractivity contribution is -0.198. The van der Waals surface area contributed by atoms with E-state index in [9.17, 15) is 38.4 Å². The van der Waals surface area contributed by atoms with Crippen molar-refractivity contribution in [2.45, 2.75) is 105 Å². The molecular formula is C58H65N3O12. The van der Waals surface area contributed by atoms with E-state index in [-0.39, 0.29) is 40.2 Å². The molecule has 1 N–H and O–H groups in total. The van der Waals surface area contributed by atoms with Crippen molar-refractivity contribution < 1.29 is 57.4 Å². The maximum Gasteiger partial charge on any atom is 0.338 e. The molecule has 3 aliphatic heterocycles. The number of benzene rings is 4. The number of carbonyl (C=O) groups excluding carboxylic acids is 8. The molecule has 4 aromatic carbocycles. The van der Waals surface area contributed by atoms with Crippen LogP contribution in [-0.2, 0) is 70.5 Å². The first-order valence-electron chi connectivity index (χ1n) is 23.9. The molecule has 2 fully saturated rings. The Morgan fingerprint density at radius 2 is 1.19 bits per heavy atom. The molecule has 2 aliphatic carbocycles. The van der Waals surface area contributed by atoms with E-state index in [1.165, 1.54) is 30.9 Å². The van der Waals surface area contributed by atoms with Crippen molar-refractivity contribution in [1.29, 1.82) is 0 Å². The summed E-state index contributed by atoms with van der Waals surface area (Å²) in [6.45, 7) is 0.942. The number of nitrogens with one attached hydrogen (secondary N) is 1. The number of hydrogen-bond acceptors (Lipinski definition) is 13. The minimum Gasteiger partial charge on any atom is -0.468 e. The van der Waals surface area contributed by atoms with Gasteiger partial charge in [-0.2, -0.15) is 0 Å². The Hall–Kier alpha value is -7.94. The lowest BCUT2D eigenvalue weighted by Crippen LogP contribution is -2.41. The molecule has 0 spiro atoms. The summed E-state index contributed by atoms with van der Waals surface area (Å²) in [6.07, 6.45) is 11.1. The summed E-state index contributed by atoms with van der Waals surface area (Å²) in [5.74, 6) is -5.54. The van der Waals surface area contributed by atoms with Crippen LogP contribution in [-0.4, -0.2) is 71.8 Å². The largest absolute Gasteiger partial charge is 0.468 e. The molecule has 384 valence electrons. The molecule has 0 bridgehead atoms. The van der Waals surface area contributed by atoms with Crippen molar-refractivity contribution in [2.24, 2.45) is 11.3 Å². The van der Waals surface area contributed by atoms with E-state index < -0.39 is 59.4 Å². The fourth-order valence-corrected chi connectivity index (χ4v) is 9.44. The maximum absolute atomic E-state index is 13.9. The van der Waals surface area contributed by atoms with E-state index in [1.807, 2.05) is 66.7 Å². The minimum atomic E-state index is -1.36. The molecule has 15 heteroatoms. The first kappa shape index (κ1) is 56.0. The van der Waals surface area contributed by atoms with Gasteiger partial charge in [0, 0.05) is 42.9 Å². The number of allylic oxidation sites excluding steroid dienone is 2. The van der Waals surface area contributed by atoms with Crippen LogP contribution >= 0.6 is 0 Å². The smallest absolute Gasteiger partial charge is 0.338 e. The average molecular weight is 996 g/mol. The molecule has 15 nitrogen and oxygen atoms in total. The van der Waals surface area contributed by atoms with Gasteiger partial charge in [0.1, 0.15) is 5.41 Å². The number of methoxy groups -OCH3 is 2. The molecule has 9 rings (SSSR count). The van der Waals surface area contributed by atoms with Gasteiger partial charge in [0.25, 0.3) is 11.8 Å². The van der Waals surface area contributed by atoms with Gasteiger partial charge < -0.3 is 29.3 Å². The monoisotopic (exact) mass is 995 g/mol. The van der Waals surface area contributed by atoms with Crippen molar-refractivity contribution >= 4 is 47.6 Å². The summed E-state index contributed by atoms with van der Waals surface area (Å²) < 4.78 is 14.1. The number of esters is 4. The van der Waals surface area contributed by atoms with E-state index in [1.54, 1.807) is 4.90 Å². The SMILES string of the molecule is C.C.COC(=O)C1=C(NCc2ccc(-c3ccccc3)cc2)CCCCC1.COC(=O)[C@@]12CCCCC=C1N(Cc1ccc(-c3ccccc3)cc1)C(=O)[C@H]2CC(=O)ON1C(=O)CCC1=O.O=C1C=CC(=O)O1. The van der Waals surface area contributed by atoms with Crippen LogP contribution in [0.5, 0.6) is 0 Å². The molecule has 2 atom stereocenters. The van der Waals surface area contributed by atoms with Gasteiger partial charge in [0.2, 0.25) is 5.91 Å². The van der Waals surface area contributed by atoms with Crippen LogP contribution in [0.2, 0.25) is 0 Å². The number of amides is 3. The Bertz CT molecular complexity index is 2680. The molecule has 0 saturated carbocycles.